The number of sulfonamides is 1. The second-order valence-corrected chi connectivity index (χ2v) is 8.27. The second kappa shape index (κ2) is 9.43. The van der Waals surface area contributed by atoms with Gasteiger partial charge in [-0.3, -0.25) is 20.3 Å². The molecular weight excluding hydrogens is 439 g/mol. The molecular formula is C21H19FN4O5S. The highest BCUT2D eigenvalue weighted by molar-refractivity contribution is 7.92. The molecule has 0 saturated heterocycles. The lowest BCUT2D eigenvalue weighted by Gasteiger charge is -2.10. The SMILES string of the molecule is COc1ccc(NS(=O)(=O)c2ccc(NN=C(C)c3ccc(F)cc3)c([N+](=O)[O-])c2)cc1. The Morgan fingerprint density at radius 1 is 1.06 bits per heavy atom. The Morgan fingerprint density at radius 3 is 2.31 bits per heavy atom. The average Bonchev–Trinajstić information content (AvgIpc) is 2.78. The zero-order valence-electron chi connectivity index (χ0n) is 17.1. The van der Waals surface area contributed by atoms with Crippen LogP contribution in [0.1, 0.15) is 12.5 Å². The number of hydrogen-bond acceptors (Lipinski definition) is 7. The summed E-state index contributed by atoms with van der Waals surface area (Å²) in [6, 6.07) is 15.2. The molecule has 0 spiro atoms. The van der Waals surface area contributed by atoms with Crippen molar-refractivity contribution in [2.45, 2.75) is 11.8 Å². The summed E-state index contributed by atoms with van der Waals surface area (Å²) in [5.41, 5.74) is 3.44. The number of nitro groups is 1. The van der Waals surface area contributed by atoms with E-state index in [2.05, 4.69) is 15.2 Å². The molecule has 0 amide bonds. The molecule has 0 unspecified atom stereocenters. The van der Waals surface area contributed by atoms with Crippen molar-refractivity contribution in [1.29, 1.82) is 0 Å². The fourth-order valence-corrected chi connectivity index (χ4v) is 3.78. The summed E-state index contributed by atoms with van der Waals surface area (Å²) in [4.78, 5) is 10.5. The Balaban J connectivity index is 1.85. The molecule has 3 aromatic rings. The first-order chi connectivity index (χ1) is 15.2. The third-order valence-corrected chi connectivity index (χ3v) is 5.80. The maximum Gasteiger partial charge on any atom is 0.295 e. The quantitative estimate of drug-likeness (QED) is 0.293. The van der Waals surface area contributed by atoms with E-state index in [1.165, 1.54) is 55.6 Å². The van der Waals surface area contributed by atoms with Crippen LogP contribution in [-0.2, 0) is 10.0 Å². The fraction of sp³-hybridized carbons (Fsp3) is 0.0952. The van der Waals surface area contributed by atoms with Crippen molar-refractivity contribution >= 4 is 32.8 Å². The van der Waals surface area contributed by atoms with Crippen LogP contribution in [0, 0.1) is 15.9 Å². The summed E-state index contributed by atoms with van der Waals surface area (Å²) in [5, 5.41) is 15.6. The average molecular weight is 458 g/mol. The third-order valence-electron chi connectivity index (χ3n) is 4.42. The highest BCUT2D eigenvalue weighted by Gasteiger charge is 2.21. The summed E-state index contributed by atoms with van der Waals surface area (Å²) in [6.07, 6.45) is 0. The van der Waals surface area contributed by atoms with Gasteiger partial charge < -0.3 is 4.74 Å². The summed E-state index contributed by atoms with van der Waals surface area (Å²) in [6.45, 7) is 1.64. The molecule has 0 aromatic heterocycles. The van der Waals surface area contributed by atoms with Gasteiger partial charge in [-0.05, 0) is 61.0 Å². The van der Waals surface area contributed by atoms with E-state index in [0.717, 1.165) is 6.07 Å². The molecule has 0 atom stereocenters. The number of halogens is 1. The Hall–Kier alpha value is -3.99. The fourth-order valence-electron chi connectivity index (χ4n) is 2.70. The molecule has 2 N–H and O–H groups in total. The van der Waals surface area contributed by atoms with E-state index in [1.807, 2.05) is 0 Å². The molecule has 0 fully saturated rings. The van der Waals surface area contributed by atoms with E-state index in [0.29, 0.717) is 17.0 Å². The zero-order valence-corrected chi connectivity index (χ0v) is 17.9. The van der Waals surface area contributed by atoms with Crippen molar-refractivity contribution < 1.29 is 22.5 Å². The molecule has 0 saturated carbocycles. The number of hydrogen-bond donors (Lipinski definition) is 2. The van der Waals surface area contributed by atoms with Crippen molar-refractivity contribution in [3.05, 3.63) is 88.2 Å². The maximum absolute atomic E-state index is 13.1. The highest BCUT2D eigenvalue weighted by atomic mass is 32.2. The molecule has 0 aliphatic rings. The Morgan fingerprint density at radius 2 is 1.72 bits per heavy atom. The van der Waals surface area contributed by atoms with Gasteiger partial charge in [-0.1, -0.05) is 12.1 Å². The molecule has 11 heteroatoms. The van der Waals surface area contributed by atoms with Crippen molar-refractivity contribution in [2.24, 2.45) is 5.10 Å². The van der Waals surface area contributed by atoms with Crippen LogP contribution in [0.4, 0.5) is 21.5 Å². The smallest absolute Gasteiger partial charge is 0.295 e. The van der Waals surface area contributed by atoms with Gasteiger partial charge in [0.2, 0.25) is 0 Å². The molecule has 3 rings (SSSR count). The van der Waals surface area contributed by atoms with Crippen LogP contribution in [0.5, 0.6) is 5.75 Å². The van der Waals surface area contributed by atoms with Crippen LogP contribution < -0.4 is 14.9 Å². The lowest BCUT2D eigenvalue weighted by molar-refractivity contribution is -0.384. The van der Waals surface area contributed by atoms with E-state index in [1.54, 1.807) is 19.1 Å². The largest absolute Gasteiger partial charge is 0.497 e. The van der Waals surface area contributed by atoms with Crippen molar-refractivity contribution in [3.8, 4) is 5.75 Å². The monoisotopic (exact) mass is 458 g/mol. The van der Waals surface area contributed by atoms with Gasteiger partial charge in [0.05, 0.1) is 22.6 Å². The molecule has 0 aliphatic carbocycles. The van der Waals surface area contributed by atoms with Gasteiger partial charge in [-0.2, -0.15) is 5.10 Å². The van der Waals surface area contributed by atoms with Gasteiger partial charge in [0.1, 0.15) is 17.3 Å². The topological polar surface area (TPSA) is 123 Å². The van der Waals surface area contributed by atoms with E-state index in [4.69, 9.17) is 4.74 Å². The van der Waals surface area contributed by atoms with Crippen LogP contribution in [0.25, 0.3) is 0 Å². The molecule has 166 valence electrons. The summed E-state index contributed by atoms with van der Waals surface area (Å²) in [7, 11) is -2.59. The third kappa shape index (κ3) is 5.38. The van der Waals surface area contributed by atoms with Crippen LogP contribution in [0.3, 0.4) is 0 Å². The predicted molar refractivity (Wildman–Crippen MR) is 119 cm³/mol. The normalized spacial score (nSPS) is 11.7. The minimum Gasteiger partial charge on any atom is -0.497 e. The Kier molecular flexibility index (Phi) is 6.69. The van der Waals surface area contributed by atoms with Crippen LogP contribution in [0.2, 0.25) is 0 Å². The predicted octanol–water partition coefficient (Wildman–Crippen LogP) is 4.38. The number of nitrogens with one attached hydrogen (secondary N) is 2. The first kappa shape index (κ1) is 22.7. The van der Waals surface area contributed by atoms with Gasteiger partial charge in [-0.15, -0.1) is 0 Å². The standard InChI is InChI=1S/C21H19FN4O5S/c1-14(15-3-5-16(22)6-4-15)23-24-20-12-11-19(13-21(20)26(27)28)32(29,30)25-17-7-9-18(31-2)10-8-17/h3-13,24-25H,1-2H3. The van der Waals surface area contributed by atoms with E-state index >= 15 is 0 Å². The first-order valence-electron chi connectivity index (χ1n) is 9.21. The molecule has 3 aromatic carbocycles. The maximum atomic E-state index is 13.1. The number of anilines is 2. The van der Waals surface area contributed by atoms with Gasteiger partial charge in [0, 0.05) is 11.8 Å². The lowest BCUT2D eigenvalue weighted by atomic mass is 10.1. The number of nitro benzene ring substituents is 1. The van der Waals surface area contributed by atoms with Gasteiger partial charge >= 0.3 is 0 Å². The highest BCUT2D eigenvalue weighted by Crippen LogP contribution is 2.29. The van der Waals surface area contributed by atoms with E-state index in [9.17, 15) is 22.9 Å². The molecule has 0 radical (unpaired) electrons. The molecule has 0 aliphatic heterocycles. The van der Waals surface area contributed by atoms with Gasteiger partial charge in [0.15, 0.2) is 0 Å². The summed E-state index contributed by atoms with van der Waals surface area (Å²) >= 11 is 0. The minimum atomic E-state index is -4.08. The van der Waals surface area contributed by atoms with E-state index in [-0.39, 0.29) is 16.3 Å². The number of nitrogens with zero attached hydrogens (tertiary/aromatic N) is 2. The van der Waals surface area contributed by atoms with Crippen LogP contribution in [-0.4, -0.2) is 26.2 Å². The van der Waals surface area contributed by atoms with Crippen molar-refractivity contribution in [1.82, 2.24) is 0 Å². The minimum absolute atomic E-state index is 0.000130. The molecule has 0 bridgehead atoms. The number of rotatable bonds is 8. The summed E-state index contributed by atoms with van der Waals surface area (Å²) < 4.78 is 45.8. The molecule has 32 heavy (non-hydrogen) atoms. The summed E-state index contributed by atoms with van der Waals surface area (Å²) in [5.74, 6) is 0.153. The lowest BCUT2D eigenvalue weighted by Crippen LogP contribution is -2.13. The number of ether oxygens (including phenoxy) is 1. The van der Waals surface area contributed by atoms with Crippen molar-refractivity contribution in [2.75, 3.05) is 17.3 Å². The molecule has 9 nitrogen and oxygen atoms in total. The second-order valence-electron chi connectivity index (χ2n) is 6.59. The van der Waals surface area contributed by atoms with Gasteiger partial charge in [0.25, 0.3) is 15.7 Å². The number of benzene rings is 3. The van der Waals surface area contributed by atoms with E-state index < -0.39 is 26.5 Å². The number of methoxy groups -OCH3 is 1. The van der Waals surface area contributed by atoms with Crippen LogP contribution in [0.15, 0.2) is 76.7 Å². The molecule has 0 heterocycles. The van der Waals surface area contributed by atoms with Crippen LogP contribution >= 0.6 is 0 Å². The Bertz CT molecular complexity index is 1260. The van der Waals surface area contributed by atoms with Crippen molar-refractivity contribution in [3.63, 3.8) is 0 Å². The first-order valence-corrected chi connectivity index (χ1v) is 10.7. The zero-order chi connectivity index (χ0) is 23.3. The number of hydrazone groups is 1. The Labute approximate surface area is 183 Å². The van der Waals surface area contributed by atoms with Gasteiger partial charge in [-0.25, -0.2) is 12.8 Å².